The van der Waals surface area contributed by atoms with E-state index in [0.717, 1.165) is 6.07 Å². The third-order valence-electron chi connectivity index (χ3n) is 2.00. The van der Waals surface area contributed by atoms with Gasteiger partial charge in [0.05, 0.1) is 4.92 Å². The minimum atomic E-state index is -0.823. The van der Waals surface area contributed by atoms with Gasteiger partial charge in [0.2, 0.25) is 0 Å². The van der Waals surface area contributed by atoms with Crippen molar-refractivity contribution in [1.29, 1.82) is 0 Å². The molecule has 0 aliphatic rings. The number of ether oxygens (including phenoxy) is 1. The fourth-order valence-corrected chi connectivity index (χ4v) is 1.24. The van der Waals surface area contributed by atoms with Crippen LogP contribution in [0, 0.1) is 10.1 Å². The van der Waals surface area contributed by atoms with Gasteiger partial charge in [0, 0.05) is 17.7 Å². The van der Waals surface area contributed by atoms with E-state index >= 15 is 0 Å². The Balaban J connectivity index is 2.61. The van der Waals surface area contributed by atoms with E-state index in [4.69, 9.17) is 4.74 Å². The van der Waals surface area contributed by atoms with Gasteiger partial charge in [-0.1, -0.05) is 6.07 Å². The van der Waals surface area contributed by atoms with Gasteiger partial charge < -0.3 is 4.74 Å². The highest BCUT2D eigenvalue weighted by Gasteiger charge is 2.17. The van der Waals surface area contributed by atoms with Gasteiger partial charge in [-0.05, 0) is 26.8 Å². The van der Waals surface area contributed by atoms with E-state index in [9.17, 15) is 19.7 Å². The summed E-state index contributed by atoms with van der Waals surface area (Å²) in [5, 5.41) is 10.6. The van der Waals surface area contributed by atoms with Crippen molar-refractivity contribution < 1.29 is 19.2 Å². The van der Waals surface area contributed by atoms with Crippen LogP contribution in [0.4, 0.5) is 10.5 Å². The fourth-order valence-electron chi connectivity index (χ4n) is 1.24. The minimum absolute atomic E-state index is 0.0512. The Kier molecular flexibility index (Phi) is 4.63. The van der Waals surface area contributed by atoms with E-state index in [2.05, 4.69) is 10.9 Å². The average molecular weight is 281 g/mol. The second-order valence-corrected chi connectivity index (χ2v) is 4.89. The predicted octanol–water partition coefficient (Wildman–Crippen LogP) is 1.76. The first kappa shape index (κ1) is 15.4. The molecular formula is C12H15N3O5. The number of nitro benzene ring substituents is 1. The first-order valence-corrected chi connectivity index (χ1v) is 5.73. The van der Waals surface area contributed by atoms with Gasteiger partial charge in [0.1, 0.15) is 5.60 Å². The molecule has 1 rings (SSSR count). The summed E-state index contributed by atoms with van der Waals surface area (Å²) in [7, 11) is 0. The van der Waals surface area contributed by atoms with Crippen LogP contribution >= 0.6 is 0 Å². The number of nitrogens with zero attached hydrogens (tertiary/aromatic N) is 1. The quantitative estimate of drug-likeness (QED) is 0.634. The molecule has 0 aliphatic heterocycles. The van der Waals surface area contributed by atoms with Gasteiger partial charge in [-0.15, -0.1) is 0 Å². The summed E-state index contributed by atoms with van der Waals surface area (Å²) in [5.41, 5.74) is 3.30. The lowest BCUT2D eigenvalue weighted by Gasteiger charge is -2.19. The lowest BCUT2D eigenvalue weighted by atomic mass is 10.2. The molecule has 1 aromatic carbocycles. The zero-order chi connectivity index (χ0) is 15.3. The summed E-state index contributed by atoms with van der Waals surface area (Å²) in [6.45, 7) is 5.03. The van der Waals surface area contributed by atoms with E-state index in [1.807, 2.05) is 0 Å². The molecule has 0 aromatic heterocycles. The second-order valence-electron chi connectivity index (χ2n) is 4.89. The van der Waals surface area contributed by atoms with E-state index in [1.165, 1.54) is 18.2 Å². The second kappa shape index (κ2) is 6.00. The minimum Gasteiger partial charge on any atom is -0.443 e. The Bertz CT molecular complexity index is 536. The lowest BCUT2D eigenvalue weighted by molar-refractivity contribution is -0.384. The van der Waals surface area contributed by atoms with Crippen molar-refractivity contribution in [3.8, 4) is 0 Å². The SMILES string of the molecule is CC(C)(C)OC(=O)NNC(=O)c1cccc([N+](=O)[O-])c1. The van der Waals surface area contributed by atoms with Crippen molar-refractivity contribution in [3.63, 3.8) is 0 Å². The molecule has 0 fully saturated rings. The molecule has 2 amide bonds. The van der Waals surface area contributed by atoms with Crippen LogP contribution in [0.15, 0.2) is 24.3 Å². The van der Waals surface area contributed by atoms with Crippen LogP contribution in [0.2, 0.25) is 0 Å². The molecule has 0 heterocycles. The van der Waals surface area contributed by atoms with Crippen LogP contribution in [0.25, 0.3) is 0 Å². The number of carbonyl (C=O) groups excluding carboxylic acids is 2. The normalized spacial score (nSPS) is 10.6. The van der Waals surface area contributed by atoms with E-state index in [-0.39, 0.29) is 11.3 Å². The van der Waals surface area contributed by atoms with E-state index < -0.39 is 22.5 Å². The maximum absolute atomic E-state index is 11.7. The molecule has 0 radical (unpaired) electrons. The zero-order valence-electron chi connectivity index (χ0n) is 11.3. The van der Waals surface area contributed by atoms with Crippen LogP contribution in [-0.4, -0.2) is 22.5 Å². The third kappa shape index (κ3) is 4.92. The highest BCUT2D eigenvalue weighted by Crippen LogP contribution is 2.12. The predicted molar refractivity (Wildman–Crippen MR) is 69.9 cm³/mol. The molecule has 8 heteroatoms. The number of hydrogen-bond acceptors (Lipinski definition) is 5. The monoisotopic (exact) mass is 281 g/mol. The number of amides is 2. The molecule has 0 spiro atoms. The largest absolute Gasteiger partial charge is 0.443 e. The molecule has 20 heavy (non-hydrogen) atoms. The molecule has 0 bridgehead atoms. The lowest BCUT2D eigenvalue weighted by Crippen LogP contribution is -2.44. The Morgan fingerprint density at radius 3 is 2.45 bits per heavy atom. The van der Waals surface area contributed by atoms with Crippen LogP contribution in [-0.2, 0) is 4.74 Å². The number of hydrogen-bond donors (Lipinski definition) is 2. The van der Waals surface area contributed by atoms with Crippen molar-refractivity contribution >= 4 is 17.7 Å². The molecule has 0 aliphatic carbocycles. The number of hydrazine groups is 1. The maximum Gasteiger partial charge on any atom is 0.426 e. The summed E-state index contributed by atoms with van der Waals surface area (Å²) < 4.78 is 4.91. The molecule has 0 saturated carbocycles. The van der Waals surface area contributed by atoms with Gasteiger partial charge >= 0.3 is 6.09 Å². The highest BCUT2D eigenvalue weighted by molar-refractivity contribution is 5.95. The van der Waals surface area contributed by atoms with Gasteiger partial charge in [-0.3, -0.25) is 20.3 Å². The summed E-state index contributed by atoms with van der Waals surface area (Å²) in [6.07, 6.45) is -0.823. The number of benzene rings is 1. The number of nitrogens with one attached hydrogen (secondary N) is 2. The first-order valence-electron chi connectivity index (χ1n) is 5.73. The molecule has 0 saturated heterocycles. The number of nitro groups is 1. The zero-order valence-corrected chi connectivity index (χ0v) is 11.3. The van der Waals surface area contributed by atoms with Crippen LogP contribution in [0.1, 0.15) is 31.1 Å². The van der Waals surface area contributed by atoms with Crippen LogP contribution < -0.4 is 10.9 Å². The Hall–Kier alpha value is -2.64. The van der Waals surface area contributed by atoms with Crippen LogP contribution in [0.3, 0.4) is 0 Å². The van der Waals surface area contributed by atoms with Crippen molar-refractivity contribution in [2.45, 2.75) is 26.4 Å². The standard InChI is InChI=1S/C12H15N3O5/c1-12(2,3)20-11(17)14-13-10(16)8-5-4-6-9(7-8)15(18)19/h4-7H,1-3H3,(H,13,16)(H,14,17). The summed E-state index contributed by atoms with van der Waals surface area (Å²) in [6, 6.07) is 5.13. The number of rotatable bonds is 2. The third-order valence-corrected chi connectivity index (χ3v) is 2.00. The summed E-state index contributed by atoms with van der Waals surface area (Å²) in [5.74, 6) is -0.681. The molecule has 108 valence electrons. The Labute approximate surface area is 115 Å². The highest BCUT2D eigenvalue weighted by atomic mass is 16.6. The van der Waals surface area contributed by atoms with Crippen LogP contribution in [0.5, 0.6) is 0 Å². The van der Waals surface area contributed by atoms with Gasteiger partial charge in [0.25, 0.3) is 11.6 Å². The molecular weight excluding hydrogens is 266 g/mol. The maximum atomic E-state index is 11.7. The molecule has 8 nitrogen and oxygen atoms in total. The van der Waals surface area contributed by atoms with Gasteiger partial charge in [-0.2, -0.15) is 0 Å². The van der Waals surface area contributed by atoms with E-state index in [0.29, 0.717) is 0 Å². The van der Waals surface area contributed by atoms with Crippen molar-refractivity contribution in [2.24, 2.45) is 0 Å². The van der Waals surface area contributed by atoms with Crippen molar-refractivity contribution in [2.75, 3.05) is 0 Å². The number of non-ortho nitro benzene ring substituents is 1. The Morgan fingerprint density at radius 1 is 1.25 bits per heavy atom. The molecule has 2 N–H and O–H groups in total. The summed E-state index contributed by atoms with van der Waals surface area (Å²) >= 11 is 0. The summed E-state index contributed by atoms with van der Waals surface area (Å²) in [4.78, 5) is 33.0. The van der Waals surface area contributed by atoms with Crippen molar-refractivity contribution in [3.05, 3.63) is 39.9 Å². The van der Waals surface area contributed by atoms with Gasteiger partial charge in [0.15, 0.2) is 0 Å². The van der Waals surface area contributed by atoms with E-state index in [1.54, 1.807) is 20.8 Å². The first-order chi connectivity index (χ1) is 9.19. The molecule has 0 atom stereocenters. The fraction of sp³-hybridized carbons (Fsp3) is 0.333. The number of carbonyl (C=O) groups is 2. The van der Waals surface area contributed by atoms with Gasteiger partial charge in [-0.25, -0.2) is 10.2 Å². The smallest absolute Gasteiger partial charge is 0.426 e. The average Bonchev–Trinajstić information content (AvgIpc) is 2.34. The molecule has 0 unspecified atom stereocenters. The van der Waals surface area contributed by atoms with Crippen molar-refractivity contribution in [1.82, 2.24) is 10.9 Å². The molecule has 1 aromatic rings. The topological polar surface area (TPSA) is 111 Å². The Morgan fingerprint density at radius 2 is 1.90 bits per heavy atom.